The van der Waals surface area contributed by atoms with Crippen molar-refractivity contribution in [3.63, 3.8) is 0 Å². The van der Waals surface area contributed by atoms with Crippen LogP contribution in [0.2, 0.25) is 5.02 Å². The molecule has 1 rings (SSSR count). The number of hydrogen-bond acceptors (Lipinski definition) is 2. The average molecular weight is 204 g/mol. The quantitative estimate of drug-likeness (QED) is 0.800. The first-order valence-electron chi connectivity index (χ1n) is 3.83. The molecule has 4 heteroatoms. The lowest BCUT2D eigenvalue weighted by molar-refractivity contribution is 0.404. The van der Waals surface area contributed by atoms with Crippen molar-refractivity contribution in [2.45, 2.75) is 13.5 Å². The topological polar surface area (TPSA) is 35.2 Å². The molecule has 0 saturated heterocycles. The first-order valence-corrected chi connectivity index (χ1v) is 4.21. The zero-order chi connectivity index (χ0) is 10.0. The SMILES string of the molecule is COc1c(Cl)cc(C)c(F)c1CN. The van der Waals surface area contributed by atoms with Gasteiger partial charge < -0.3 is 10.5 Å². The van der Waals surface area contributed by atoms with Crippen LogP contribution in [0.1, 0.15) is 11.1 Å². The highest BCUT2D eigenvalue weighted by molar-refractivity contribution is 6.32. The van der Waals surface area contributed by atoms with Gasteiger partial charge in [-0.05, 0) is 18.6 Å². The fraction of sp³-hybridized carbons (Fsp3) is 0.333. The fourth-order valence-electron chi connectivity index (χ4n) is 1.20. The summed E-state index contributed by atoms with van der Waals surface area (Å²) in [5.41, 5.74) is 6.19. The van der Waals surface area contributed by atoms with Crippen LogP contribution >= 0.6 is 11.6 Å². The van der Waals surface area contributed by atoms with Crippen LogP contribution in [-0.4, -0.2) is 7.11 Å². The highest BCUT2D eigenvalue weighted by Crippen LogP contribution is 2.32. The summed E-state index contributed by atoms with van der Waals surface area (Å²) < 4.78 is 18.4. The van der Waals surface area contributed by atoms with E-state index in [1.54, 1.807) is 6.92 Å². The minimum Gasteiger partial charge on any atom is -0.495 e. The molecule has 0 aliphatic heterocycles. The van der Waals surface area contributed by atoms with Gasteiger partial charge >= 0.3 is 0 Å². The van der Waals surface area contributed by atoms with E-state index in [1.165, 1.54) is 13.2 Å². The van der Waals surface area contributed by atoms with Crippen LogP contribution in [0.25, 0.3) is 0 Å². The first kappa shape index (κ1) is 10.3. The van der Waals surface area contributed by atoms with Gasteiger partial charge in [0.25, 0.3) is 0 Å². The number of aryl methyl sites for hydroxylation is 1. The third-order valence-corrected chi connectivity index (χ3v) is 2.13. The number of halogens is 2. The van der Waals surface area contributed by atoms with Gasteiger partial charge in [0.1, 0.15) is 11.6 Å². The molecule has 0 spiro atoms. The Balaban J connectivity index is 3.41. The monoisotopic (exact) mass is 203 g/mol. The Kier molecular flexibility index (Phi) is 3.12. The van der Waals surface area contributed by atoms with Gasteiger partial charge in [-0.3, -0.25) is 0 Å². The van der Waals surface area contributed by atoms with Crippen LogP contribution in [0, 0.1) is 12.7 Å². The summed E-state index contributed by atoms with van der Waals surface area (Å²) in [6, 6.07) is 1.52. The number of rotatable bonds is 2. The van der Waals surface area contributed by atoms with Gasteiger partial charge in [-0.25, -0.2) is 4.39 Å². The van der Waals surface area contributed by atoms with E-state index >= 15 is 0 Å². The molecule has 1 aromatic carbocycles. The van der Waals surface area contributed by atoms with Gasteiger partial charge in [0.05, 0.1) is 12.1 Å². The first-order chi connectivity index (χ1) is 6.11. The molecule has 0 saturated carbocycles. The predicted octanol–water partition coefficient (Wildman–Crippen LogP) is 2.25. The summed E-state index contributed by atoms with van der Waals surface area (Å²) in [6.45, 7) is 1.72. The summed E-state index contributed by atoms with van der Waals surface area (Å²) in [6.07, 6.45) is 0. The molecule has 0 aliphatic carbocycles. The second-order valence-electron chi connectivity index (χ2n) is 2.71. The lowest BCUT2D eigenvalue weighted by Crippen LogP contribution is -2.05. The number of hydrogen-bond donors (Lipinski definition) is 1. The molecule has 0 amide bonds. The lowest BCUT2D eigenvalue weighted by atomic mass is 10.1. The Hall–Kier alpha value is -0.800. The molecular formula is C9H11ClFNO. The molecular weight excluding hydrogens is 193 g/mol. The summed E-state index contributed by atoms with van der Waals surface area (Å²) in [4.78, 5) is 0. The van der Waals surface area contributed by atoms with E-state index in [9.17, 15) is 4.39 Å². The summed E-state index contributed by atoms with van der Waals surface area (Å²) in [5.74, 6) is -0.0176. The summed E-state index contributed by atoms with van der Waals surface area (Å²) >= 11 is 5.84. The highest BCUT2D eigenvalue weighted by atomic mass is 35.5. The van der Waals surface area contributed by atoms with Gasteiger partial charge in [-0.2, -0.15) is 0 Å². The molecule has 0 bridgehead atoms. The highest BCUT2D eigenvalue weighted by Gasteiger charge is 2.14. The smallest absolute Gasteiger partial charge is 0.144 e. The molecule has 2 N–H and O–H groups in total. The number of ether oxygens (including phenoxy) is 1. The van der Waals surface area contributed by atoms with Gasteiger partial charge in [0.15, 0.2) is 0 Å². The zero-order valence-corrected chi connectivity index (χ0v) is 8.28. The molecule has 0 aliphatic rings. The number of methoxy groups -OCH3 is 1. The molecule has 72 valence electrons. The van der Waals surface area contributed by atoms with Crippen molar-refractivity contribution < 1.29 is 9.13 Å². The molecule has 0 atom stereocenters. The van der Waals surface area contributed by atoms with Crippen molar-refractivity contribution in [2.75, 3.05) is 7.11 Å². The van der Waals surface area contributed by atoms with Crippen LogP contribution in [0.3, 0.4) is 0 Å². The molecule has 2 nitrogen and oxygen atoms in total. The van der Waals surface area contributed by atoms with Gasteiger partial charge in [-0.1, -0.05) is 11.6 Å². The van der Waals surface area contributed by atoms with E-state index in [4.69, 9.17) is 22.1 Å². The van der Waals surface area contributed by atoms with E-state index in [0.717, 1.165) is 0 Å². The standard InChI is InChI=1S/C9H11ClFNO/c1-5-3-7(10)9(13-2)6(4-12)8(5)11/h3H,4,12H2,1-2H3. The third-order valence-electron chi connectivity index (χ3n) is 1.85. The zero-order valence-electron chi connectivity index (χ0n) is 7.53. The van der Waals surface area contributed by atoms with Crippen molar-refractivity contribution in [3.8, 4) is 5.75 Å². The van der Waals surface area contributed by atoms with Crippen molar-refractivity contribution in [2.24, 2.45) is 5.73 Å². The average Bonchev–Trinajstić information content (AvgIpc) is 2.10. The molecule has 0 heterocycles. The third kappa shape index (κ3) is 1.76. The van der Waals surface area contributed by atoms with E-state index in [1.807, 2.05) is 0 Å². The largest absolute Gasteiger partial charge is 0.495 e. The van der Waals surface area contributed by atoms with Crippen molar-refractivity contribution in [1.82, 2.24) is 0 Å². The minimum atomic E-state index is -0.344. The number of benzene rings is 1. The van der Waals surface area contributed by atoms with Crippen LogP contribution in [0.5, 0.6) is 5.75 Å². The molecule has 0 unspecified atom stereocenters. The van der Waals surface area contributed by atoms with Gasteiger partial charge in [0, 0.05) is 12.1 Å². The van der Waals surface area contributed by atoms with E-state index in [2.05, 4.69) is 0 Å². The second kappa shape index (κ2) is 3.94. The Morgan fingerprint density at radius 3 is 2.69 bits per heavy atom. The maximum Gasteiger partial charge on any atom is 0.144 e. The maximum atomic E-state index is 13.4. The van der Waals surface area contributed by atoms with E-state index in [-0.39, 0.29) is 12.4 Å². The summed E-state index contributed by atoms with van der Waals surface area (Å²) in [5, 5.41) is 0.391. The number of nitrogens with two attached hydrogens (primary N) is 1. The van der Waals surface area contributed by atoms with Crippen LogP contribution < -0.4 is 10.5 Å². The van der Waals surface area contributed by atoms with E-state index in [0.29, 0.717) is 21.9 Å². The molecule has 0 fully saturated rings. The Morgan fingerprint density at radius 2 is 2.23 bits per heavy atom. The lowest BCUT2D eigenvalue weighted by Gasteiger charge is -2.11. The molecule has 13 heavy (non-hydrogen) atoms. The Labute approximate surface area is 81.4 Å². The minimum absolute atomic E-state index is 0.0798. The van der Waals surface area contributed by atoms with Gasteiger partial charge in [-0.15, -0.1) is 0 Å². The Bertz CT molecular complexity index is 328. The molecule has 0 radical (unpaired) electrons. The van der Waals surface area contributed by atoms with E-state index < -0.39 is 0 Å². The van der Waals surface area contributed by atoms with Crippen LogP contribution in [0.15, 0.2) is 6.07 Å². The normalized spacial score (nSPS) is 10.2. The summed E-state index contributed by atoms with van der Waals surface area (Å²) in [7, 11) is 1.44. The molecule has 0 aromatic heterocycles. The molecule has 1 aromatic rings. The Morgan fingerprint density at radius 1 is 1.62 bits per heavy atom. The van der Waals surface area contributed by atoms with Gasteiger partial charge in [0.2, 0.25) is 0 Å². The van der Waals surface area contributed by atoms with Crippen LogP contribution in [0.4, 0.5) is 4.39 Å². The fourth-order valence-corrected chi connectivity index (χ4v) is 1.56. The maximum absolute atomic E-state index is 13.4. The predicted molar refractivity (Wildman–Crippen MR) is 50.6 cm³/mol. The second-order valence-corrected chi connectivity index (χ2v) is 3.11. The van der Waals surface area contributed by atoms with Crippen LogP contribution in [-0.2, 0) is 6.54 Å². The van der Waals surface area contributed by atoms with Crippen molar-refractivity contribution >= 4 is 11.6 Å². The van der Waals surface area contributed by atoms with Crippen molar-refractivity contribution in [3.05, 3.63) is 28.0 Å². The van der Waals surface area contributed by atoms with Crippen molar-refractivity contribution in [1.29, 1.82) is 0 Å².